The van der Waals surface area contributed by atoms with Crippen molar-refractivity contribution in [2.24, 2.45) is 0 Å². The second-order valence-electron chi connectivity index (χ2n) is 3.13. The highest BCUT2D eigenvalue weighted by Gasteiger charge is 2.14. The topological polar surface area (TPSA) is 46.2 Å². The van der Waals surface area contributed by atoms with E-state index in [0.717, 1.165) is 31.0 Å². The van der Waals surface area contributed by atoms with Crippen LogP contribution < -0.4 is 0 Å². The smallest absolute Gasteiger partial charge is 0.342 e. The molecule has 0 unspecified atom stereocenters. The molecule has 0 saturated heterocycles. The van der Waals surface area contributed by atoms with Crippen LogP contribution >= 0.6 is 0 Å². The molecule has 1 radical (unpaired) electrons. The maximum Gasteiger partial charge on any atom is 0.342 e. The van der Waals surface area contributed by atoms with Gasteiger partial charge in [0.1, 0.15) is 11.4 Å². The van der Waals surface area contributed by atoms with Crippen LogP contribution in [0.3, 0.4) is 0 Å². The summed E-state index contributed by atoms with van der Waals surface area (Å²) >= 11 is 0. The molecule has 0 fully saturated rings. The van der Waals surface area contributed by atoms with Crippen molar-refractivity contribution in [3.63, 3.8) is 0 Å². The minimum absolute atomic E-state index is 0.244. The van der Waals surface area contributed by atoms with Gasteiger partial charge in [-0.15, -0.1) is 0 Å². The molecule has 0 saturated carbocycles. The van der Waals surface area contributed by atoms with Gasteiger partial charge in [0.2, 0.25) is 0 Å². The summed E-state index contributed by atoms with van der Waals surface area (Å²) in [6.07, 6.45) is 1.62. The number of hydrogen-bond acceptors (Lipinski definition) is 2. The maximum atomic E-state index is 12.7. The molecular weight excluding hydrogens is 199 g/mol. The van der Waals surface area contributed by atoms with Crippen LogP contribution in [0.2, 0.25) is 0 Å². The van der Waals surface area contributed by atoms with Gasteiger partial charge in [-0.3, -0.25) is 5.11 Å². The van der Waals surface area contributed by atoms with Crippen molar-refractivity contribution in [3.05, 3.63) is 29.6 Å². The number of hydrogen-bond donors (Lipinski definition) is 0. The van der Waals surface area contributed by atoms with E-state index in [9.17, 15) is 14.3 Å². The Morgan fingerprint density at radius 2 is 2.20 bits per heavy atom. The number of rotatable bonds is 4. The number of ether oxygens (including phenoxy) is 1. The van der Waals surface area contributed by atoms with Crippen molar-refractivity contribution < 1.29 is 19.0 Å². The zero-order chi connectivity index (χ0) is 11.3. The molecule has 0 aliphatic heterocycles. The van der Waals surface area contributed by atoms with Gasteiger partial charge in [0.05, 0.1) is 6.61 Å². The Bertz CT molecular complexity index is 350. The fourth-order valence-corrected chi connectivity index (χ4v) is 1.05. The molecule has 0 bridgehead atoms. The van der Waals surface area contributed by atoms with Crippen LogP contribution in [-0.4, -0.2) is 12.6 Å². The fourth-order valence-electron chi connectivity index (χ4n) is 1.05. The van der Waals surface area contributed by atoms with Gasteiger partial charge < -0.3 is 4.74 Å². The molecule has 1 aromatic carbocycles. The van der Waals surface area contributed by atoms with Crippen molar-refractivity contribution in [3.8, 4) is 5.75 Å². The maximum absolute atomic E-state index is 12.7. The van der Waals surface area contributed by atoms with E-state index in [2.05, 4.69) is 0 Å². The molecular formula is C11H12FO3. The van der Waals surface area contributed by atoms with Gasteiger partial charge >= 0.3 is 5.97 Å². The lowest BCUT2D eigenvalue weighted by Gasteiger charge is -2.04. The summed E-state index contributed by atoms with van der Waals surface area (Å²) in [5.74, 6) is -1.89. The summed E-state index contributed by atoms with van der Waals surface area (Å²) in [5.41, 5.74) is -0.244. The normalized spacial score (nSPS) is 10.0. The number of halogens is 1. The highest BCUT2D eigenvalue weighted by Crippen LogP contribution is 2.19. The Hall–Kier alpha value is -1.58. The van der Waals surface area contributed by atoms with Gasteiger partial charge in [-0.05, 0) is 24.6 Å². The minimum atomic E-state index is -0.757. The van der Waals surface area contributed by atoms with Crippen LogP contribution in [0.25, 0.3) is 0 Å². The standard InChI is InChI=1S/C11H12FO3/c1-2-3-6-15-11(14)9-7-8(12)4-5-10(9)13/h4-5,7H,2-3,6H2,1H3. The summed E-state index contributed by atoms with van der Waals surface area (Å²) in [6, 6.07) is 2.94. The molecule has 4 heteroatoms. The average molecular weight is 211 g/mol. The van der Waals surface area contributed by atoms with Gasteiger partial charge in [-0.25, -0.2) is 9.18 Å². The summed E-state index contributed by atoms with van der Waals surface area (Å²) in [6.45, 7) is 2.21. The lowest BCUT2D eigenvalue weighted by molar-refractivity contribution is 0.0494. The molecule has 0 N–H and O–H groups in total. The monoisotopic (exact) mass is 211 g/mol. The van der Waals surface area contributed by atoms with E-state index < -0.39 is 17.5 Å². The predicted molar refractivity (Wildman–Crippen MR) is 51.7 cm³/mol. The molecule has 0 atom stereocenters. The number of unbranched alkanes of at least 4 members (excludes halogenated alkanes) is 1. The van der Waals surface area contributed by atoms with Crippen LogP contribution in [0, 0.1) is 5.82 Å². The van der Waals surface area contributed by atoms with Gasteiger partial charge in [-0.2, -0.15) is 0 Å². The van der Waals surface area contributed by atoms with E-state index in [0.29, 0.717) is 0 Å². The van der Waals surface area contributed by atoms with Gasteiger partial charge in [-0.1, -0.05) is 13.3 Å². The van der Waals surface area contributed by atoms with Crippen LogP contribution in [0.15, 0.2) is 18.2 Å². The molecule has 15 heavy (non-hydrogen) atoms. The Morgan fingerprint density at radius 1 is 1.47 bits per heavy atom. The summed E-state index contributed by atoms with van der Waals surface area (Å²) in [5, 5.41) is 11.2. The van der Waals surface area contributed by atoms with E-state index in [-0.39, 0.29) is 12.2 Å². The third-order valence-electron chi connectivity index (χ3n) is 1.89. The number of carbonyl (C=O) groups excluding carboxylic acids is 1. The van der Waals surface area contributed by atoms with Gasteiger partial charge in [0.15, 0.2) is 5.75 Å². The van der Waals surface area contributed by atoms with Crippen LogP contribution in [0.5, 0.6) is 5.75 Å². The van der Waals surface area contributed by atoms with Crippen molar-refractivity contribution >= 4 is 5.97 Å². The van der Waals surface area contributed by atoms with E-state index in [1.165, 1.54) is 0 Å². The largest absolute Gasteiger partial charge is 0.462 e. The fraction of sp³-hybridized carbons (Fsp3) is 0.364. The molecule has 1 aromatic rings. The van der Waals surface area contributed by atoms with Gasteiger partial charge in [0.25, 0.3) is 0 Å². The third kappa shape index (κ3) is 3.23. The summed E-state index contributed by atoms with van der Waals surface area (Å²) in [4.78, 5) is 11.3. The summed E-state index contributed by atoms with van der Waals surface area (Å²) < 4.78 is 17.5. The zero-order valence-electron chi connectivity index (χ0n) is 8.46. The van der Waals surface area contributed by atoms with E-state index >= 15 is 0 Å². The highest BCUT2D eigenvalue weighted by atomic mass is 19.1. The van der Waals surface area contributed by atoms with E-state index in [1.54, 1.807) is 0 Å². The predicted octanol–water partition coefficient (Wildman–Crippen LogP) is 2.93. The number of benzene rings is 1. The Morgan fingerprint density at radius 3 is 2.87 bits per heavy atom. The molecule has 0 amide bonds. The minimum Gasteiger partial charge on any atom is -0.462 e. The van der Waals surface area contributed by atoms with E-state index in [1.807, 2.05) is 6.92 Å². The lowest BCUT2D eigenvalue weighted by atomic mass is 10.2. The first-order valence-electron chi connectivity index (χ1n) is 4.79. The van der Waals surface area contributed by atoms with E-state index in [4.69, 9.17) is 4.74 Å². The first-order chi connectivity index (χ1) is 7.15. The molecule has 0 heterocycles. The second-order valence-corrected chi connectivity index (χ2v) is 3.13. The molecule has 0 aromatic heterocycles. The van der Waals surface area contributed by atoms with Crippen LogP contribution in [0.1, 0.15) is 30.1 Å². The molecule has 3 nitrogen and oxygen atoms in total. The quantitative estimate of drug-likeness (QED) is 0.567. The Labute approximate surface area is 87.5 Å². The Balaban J connectivity index is 2.68. The molecule has 81 valence electrons. The first-order valence-corrected chi connectivity index (χ1v) is 4.79. The SMILES string of the molecule is CCCCOC(=O)c1cc(F)ccc1[O]. The van der Waals surface area contributed by atoms with Crippen LogP contribution in [-0.2, 0) is 9.84 Å². The second kappa shape index (κ2) is 5.34. The van der Waals surface area contributed by atoms with Crippen molar-refractivity contribution in [1.29, 1.82) is 0 Å². The average Bonchev–Trinajstić information content (AvgIpc) is 2.22. The van der Waals surface area contributed by atoms with Crippen molar-refractivity contribution in [2.75, 3.05) is 6.61 Å². The van der Waals surface area contributed by atoms with Crippen molar-refractivity contribution in [1.82, 2.24) is 0 Å². The molecule has 0 spiro atoms. The van der Waals surface area contributed by atoms with Crippen LogP contribution in [0.4, 0.5) is 4.39 Å². The number of esters is 1. The van der Waals surface area contributed by atoms with Crippen molar-refractivity contribution in [2.45, 2.75) is 19.8 Å². The highest BCUT2D eigenvalue weighted by molar-refractivity contribution is 5.92. The number of carbonyl (C=O) groups is 1. The zero-order valence-corrected chi connectivity index (χ0v) is 8.46. The molecule has 1 rings (SSSR count). The first kappa shape index (κ1) is 11.5. The summed E-state index contributed by atoms with van der Waals surface area (Å²) in [7, 11) is 0. The molecule has 0 aliphatic carbocycles. The Kier molecular flexibility index (Phi) is 4.09. The van der Waals surface area contributed by atoms with Gasteiger partial charge in [0, 0.05) is 0 Å². The molecule has 0 aliphatic rings. The lowest BCUT2D eigenvalue weighted by Crippen LogP contribution is -2.06. The third-order valence-corrected chi connectivity index (χ3v) is 1.89.